The minimum atomic E-state index is 0.220. The number of carbonyl (C=O) groups excluding carboxylic acids is 1. The highest BCUT2D eigenvalue weighted by Crippen LogP contribution is 2.61. The Morgan fingerprint density at radius 3 is 2.16 bits per heavy atom. The van der Waals surface area contributed by atoms with Gasteiger partial charge in [0.05, 0.1) is 0 Å². The van der Waals surface area contributed by atoms with Gasteiger partial charge in [-0.05, 0) is 75.7 Å². The van der Waals surface area contributed by atoms with E-state index in [2.05, 4.69) is 17.6 Å². The normalized spacial score (nSPS) is 41.3. The fourth-order valence-electron chi connectivity index (χ4n) is 5.41. The fraction of sp³-hybridized carbons (Fsp3) is 0.938. The molecule has 1 atom stereocenters. The van der Waals surface area contributed by atoms with Crippen LogP contribution in [0.4, 0.5) is 0 Å². The van der Waals surface area contributed by atoms with E-state index in [1.165, 1.54) is 38.5 Å². The van der Waals surface area contributed by atoms with E-state index in [0.29, 0.717) is 17.9 Å². The molecular weight excluding hydrogens is 236 g/mol. The molecule has 0 heterocycles. The summed E-state index contributed by atoms with van der Waals surface area (Å²) < 4.78 is 0. The summed E-state index contributed by atoms with van der Waals surface area (Å²) in [5.41, 5.74) is 0.435. The molecule has 4 saturated carbocycles. The predicted molar refractivity (Wildman–Crippen MR) is 76.8 cm³/mol. The first-order chi connectivity index (χ1) is 9.11. The molecule has 4 aliphatic rings. The molecule has 0 aliphatic heterocycles. The first-order valence-electron chi connectivity index (χ1n) is 8.05. The van der Waals surface area contributed by atoms with Gasteiger partial charge in [0.2, 0.25) is 5.91 Å². The van der Waals surface area contributed by atoms with Gasteiger partial charge in [-0.25, -0.2) is 0 Å². The van der Waals surface area contributed by atoms with Gasteiger partial charge in [0, 0.05) is 19.0 Å². The molecule has 4 rings (SSSR count). The second-order valence-electron chi connectivity index (χ2n) is 7.42. The Morgan fingerprint density at radius 2 is 1.68 bits per heavy atom. The summed E-state index contributed by atoms with van der Waals surface area (Å²) in [6.07, 6.45) is 9.12. The summed E-state index contributed by atoms with van der Waals surface area (Å²) >= 11 is 0. The van der Waals surface area contributed by atoms with Crippen LogP contribution in [0.1, 0.15) is 51.9 Å². The Hall–Kier alpha value is -0.570. The molecule has 4 fully saturated rings. The topological polar surface area (TPSA) is 41.1 Å². The zero-order valence-corrected chi connectivity index (χ0v) is 12.4. The molecular formula is C16H28N2O. The van der Waals surface area contributed by atoms with Gasteiger partial charge in [-0.3, -0.25) is 4.79 Å². The lowest BCUT2D eigenvalue weighted by Crippen LogP contribution is -2.55. The van der Waals surface area contributed by atoms with E-state index in [4.69, 9.17) is 0 Å². The van der Waals surface area contributed by atoms with E-state index in [1.54, 1.807) is 0 Å². The molecule has 108 valence electrons. The highest BCUT2D eigenvalue weighted by atomic mass is 16.1. The largest absolute Gasteiger partial charge is 0.353 e. The Kier molecular flexibility index (Phi) is 3.59. The van der Waals surface area contributed by atoms with Crippen LogP contribution in [0.2, 0.25) is 0 Å². The third-order valence-electron chi connectivity index (χ3n) is 5.98. The fourth-order valence-corrected chi connectivity index (χ4v) is 5.41. The molecule has 0 radical (unpaired) electrons. The van der Waals surface area contributed by atoms with Crippen molar-refractivity contribution < 1.29 is 4.79 Å². The molecule has 4 bridgehead atoms. The number of hydrogen-bond donors (Lipinski definition) is 2. The van der Waals surface area contributed by atoms with Gasteiger partial charge in [-0.15, -0.1) is 0 Å². The van der Waals surface area contributed by atoms with E-state index in [-0.39, 0.29) is 5.91 Å². The van der Waals surface area contributed by atoms with Crippen LogP contribution in [0.5, 0.6) is 0 Å². The molecule has 3 heteroatoms. The lowest BCUT2D eigenvalue weighted by atomic mass is 9.48. The molecule has 0 aromatic carbocycles. The average molecular weight is 264 g/mol. The van der Waals surface area contributed by atoms with Crippen LogP contribution in [0.25, 0.3) is 0 Å². The molecule has 0 aromatic heterocycles. The number of amides is 1. The van der Waals surface area contributed by atoms with Gasteiger partial charge >= 0.3 is 0 Å². The van der Waals surface area contributed by atoms with Crippen molar-refractivity contribution in [2.45, 2.75) is 57.9 Å². The second-order valence-corrected chi connectivity index (χ2v) is 7.42. The Morgan fingerprint density at radius 1 is 1.16 bits per heavy atom. The summed E-state index contributed by atoms with van der Waals surface area (Å²) in [6, 6.07) is 0.366. The first kappa shape index (κ1) is 13.4. The van der Waals surface area contributed by atoms with Crippen LogP contribution < -0.4 is 10.6 Å². The van der Waals surface area contributed by atoms with Gasteiger partial charge in [0.15, 0.2) is 0 Å². The predicted octanol–water partition coefficient (Wildman–Crippen LogP) is 2.32. The zero-order valence-electron chi connectivity index (χ0n) is 12.4. The second kappa shape index (κ2) is 5.08. The molecule has 3 nitrogen and oxygen atoms in total. The monoisotopic (exact) mass is 264 g/mol. The van der Waals surface area contributed by atoms with E-state index >= 15 is 0 Å². The lowest BCUT2D eigenvalue weighted by Gasteiger charge is -2.59. The smallest absolute Gasteiger partial charge is 0.221 e. The lowest BCUT2D eigenvalue weighted by molar-refractivity contribution is -0.125. The number of carbonyl (C=O) groups is 1. The first-order valence-corrected chi connectivity index (χ1v) is 8.05. The minimum absolute atomic E-state index is 0.220. The Bertz CT molecular complexity index is 317. The van der Waals surface area contributed by atoms with Gasteiger partial charge < -0.3 is 10.6 Å². The summed E-state index contributed by atoms with van der Waals surface area (Å²) in [6.45, 7) is 3.03. The van der Waals surface area contributed by atoms with Crippen molar-refractivity contribution >= 4 is 5.91 Å². The van der Waals surface area contributed by atoms with E-state index in [1.807, 2.05) is 7.05 Å². The van der Waals surface area contributed by atoms with Crippen LogP contribution in [-0.2, 0) is 4.79 Å². The van der Waals surface area contributed by atoms with Gasteiger partial charge in [-0.2, -0.15) is 0 Å². The highest BCUT2D eigenvalue weighted by molar-refractivity contribution is 5.76. The molecule has 2 N–H and O–H groups in total. The third kappa shape index (κ3) is 2.54. The van der Waals surface area contributed by atoms with Gasteiger partial charge in [-0.1, -0.05) is 0 Å². The maximum Gasteiger partial charge on any atom is 0.221 e. The van der Waals surface area contributed by atoms with Crippen molar-refractivity contribution in [1.29, 1.82) is 0 Å². The maximum absolute atomic E-state index is 12.0. The van der Waals surface area contributed by atoms with Crippen LogP contribution in [-0.4, -0.2) is 25.5 Å². The molecule has 4 aliphatic carbocycles. The Labute approximate surface area is 116 Å². The molecule has 1 amide bonds. The van der Waals surface area contributed by atoms with Gasteiger partial charge in [0.1, 0.15) is 0 Å². The summed E-state index contributed by atoms with van der Waals surface area (Å²) in [7, 11) is 1.90. The van der Waals surface area contributed by atoms with Crippen molar-refractivity contribution in [3.05, 3.63) is 0 Å². The molecule has 19 heavy (non-hydrogen) atoms. The van der Waals surface area contributed by atoms with E-state index in [0.717, 1.165) is 24.3 Å². The molecule has 0 saturated heterocycles. The van der Waals surface area contributed by atoms with Crippen LogP contribution >= 0.6 is 0 Å². The molecule has 0 aromatic rings. The summed E-state index contributed by atoms with van der Waals surface area (Å²) in [5.74, 6) is 3.10. The standard InChI is InChI=1S/C16H28N2O/c1-11(18-15(19)3-4-17-2)16-8-12-5-13(9-16)7-14(6-12)10-16/h11-14,17H,3-10H2,1-2H3,(H,18,19). The van der Waals surface area contributed by atoms with Crippen LogP contribution in [0, 0.1) is 23.2 Å². The quantitative estimate of drug-likeness (QED) is 0.800. The number of rotatable bonds is 5. The summed E-state index contributed by atoms with van der Waals surface area (Å²) in [4.78, 5) is 12.0. The summed E-state index contributed by atoms with van der Waals surface area (Å²) in [5, 5.41) is 6.34. The van der Waals surface area contributed by atoms with E-state index in [9.17, 15) is 4.79 Å². The van der Waals surface area contributed by atoms with Crippen molar-refractivity contribution in [2.75, 3.05) is 13.6 Å². The minimum Gasteiger partial charge on any atom is -0.353 e. The highest BCUT2D eigenvalue weighted by Gasteiger charge is 2.53. The van der Waals surface area contributed by atoms with E-state index < -0.39 is 0 Å². The third-order valence-corrected chi connectivity index (χ3v) is 5.98. The van der Waals surface area contributed by atoms with Crippen molar-refractivity contribution in [1.82, 2.24) is 10.6 Å². The van der Waals surface area contributed by atoms with Crippen molar-refractivity contribution in [3.63, 3.8) is 0 Å². The van der Waals surface area contributed by atoms with Crippen molar-refractivity contribution in [3.8, 4) is 0 Å². The molecule has 1 unspecified atom stereocenters. The van der Waals surface area contributed by atoms with Crippen LogP contribution in [0.3, 0.4) is 0 Å². The number of hydrogen-bond acceptors (Lipinski definition) is 2. The Balaban J connectivity index is 1.63. The average Bonchev–Trinajstić information content (AvgIpc) is 2.34. The van der Waals surface area contributed by atoms with Gasteiger partial charge in [0.25, 0.3) is 0 Å². The maximum atomic E-state index is 12.0. The van der Waals surface area contributed by atoms with Crippen molar-refractivity contribution in [2.24, 2.45) is 23.2 Å². The number of nitrogens with one attached hydrogen (secondary N) is 2. The SMILES string of the molecule is CNCCC(=O)NC(C)C12CC3CC(CC(C3)C1)C2. The zero-order chi connectivity index (χ0) is 13.5. The van der Waals surface area contributed by atoms with Crippen LogP contribution in [0.15, 0.2) is 0 Å². The molecule has 0 spiro atoms.